The fraction of sp³-hybridized carbons (Fsp3) is 0.562. The fourth-order valence-corrected chi connectivity index (χ4v) is 2.48. The van der Waals surface area contributed by atoms with Crippen molar-refractivity contribution in [3.63, 3.8) is 0 Å². The van der Waals surface area contributed by atoms with Crippen molar-refractivity contribution < 1.29 is 9.53 Å². The predicted octanol–water partition coefficient (Wildman–Crippen LogP) is 2.29. The summed E-state index contributed by atoms with van der Waals surface area (Å²) >= 11 is 0. The fourth-order valence-electron chi connectivity index (χ4n) is 2.48. The van der Waals surface area contributed by atoms with Crippen molar-refractivity contribution in [3.8, 4) is 5.75 Å². The number of carbonyl (C=O) groups is 1. The molecule has 1 N–H and O–H groups in total. The molecular formula is C16H24N2O2. The first-order valence-electron chi connectivity index (χ1n) is 7.27. The summed E-state index contributed by atoms with van der Waals surface area (Å²) in [6, 6.07) is 8.16. The molecule has 20 heavy (non-hydrogen) atoms. The molecule has 1 unspecified atom stereocenters. The summed E-state index contributed by atoms with van der Waals surface area (Å²) in [5, 5.41) is 3.03. The molecular weight excluding hydrogens is 252 g/mol. The molecule has 0 bridgehead atoms. The lowest BCUT2D eigenvalue weighted by molar-refractivity contribution is -0.124. The molecule has 1 fully saturated rings. The molecule has 1 heterocycles. The van der Waals surface area contributed by atoms with E-state index in [1.807, 2.05) is 26.0 Å². The van der Waals surface area contributed by atoms with Crippen LogP contribution in [-0.4, -0.2) is 32.7 Å². The normalized spacial score (nSPS) is 18.4. The Hall–Kier alpha value is -1.71. The molecule has 0 saturated carbocycles. The second-order valence-corrected chi connectivity index (χ2v) is 5.70. The number of methoxy groups -OCH3 is 1. The van der Waals surface area contributed by atoms with E-state index >= 15 is 0 Å². The number of amides is 1. The monoisotopic (exact) mass is 276 g/mol. The van der Waals surface area contributed by atoms with E-state index in [4.69, 9.17) is 4.74 Å². The van der Waals surface area contributed by atoms with Crippen LogP contribution in [0.2, 0.25) is 0 Å². The van der Waals surface area contributed by atoms with Gasteiger partial charge in [0, 0.05) is 31.2 Å². The lowest BCUT2D eigenvalue weighted by atomic mass is 10.1. The van der Waals surface area contributed by atoms with Gasteiger partial charge < -0.3 is 15.0 Å². The molecule has 1 amide bonds. The zero-order valence-electron chi connectivity index (χ0n) is 12.6. The van der Waals surface area contributed by atoms with Gasteiger partial charge in [0.1, 0.15) is 5.75 Å². The molecule has 0 spiro atoms. The Balaban J connectivity index is 1.83. The van der Waals surface area contributed by atoms with E-state index in [0.717, 1.165) is 31.8 Å². The molecule has 2 rings (SSSR count). The van der Waals surface area contributed by atoms with E-state index in [1.54, 1.807) is 7.11 Å². The van der Waals surface area contributed by atoms with Crippen molar-refractivity contribution in [2.45, 2.75) is 20.3 Å². The minimum Gasteiger partial charge on any atom is -0.497 e. The van der Waals surface area contributed by atoms with Gasteiger partial charge in [-0.1, -0.05) is 13.8 Å². The van der Waals surface area contributed by atoms with Crippen LogP contribution < -0.4 is 15.0 Å². The molecule has 1 aromatic carbocycles. The lowest BCUT2D eigenvalue weighted by Gasteiger charge is -2.19. The highest BCUT2D eigenvalue weighted by Crippen LogP contribution is 2.25. The minimum absolute atomic E-state index is 0.0640. The summed E-state index contributed by atoms with van der Waals surface area (Å²) in [6.07, 6.45) is 1.13. The maximum Gasteiger partial charge on any atom is 0.222 e. The van der Waals surface area contributed by atoms with Crippen molar-refractivity contribution in [2.24, 2.45) is 11.8 Å². The smallest absolute Gasteiger partial charge is 0.222 e. The average molecular weight is 276 g/mol. The van der Waals surface area contributed by atoms with E-state index in [0.29, 0.717) is 5.92 Å². The Kier molecular flexibility index (Phi) is 4.88. The number of hydrogen-bond acceptors (Lipinski definition) is 3. The lowest BCUT2D eigenvalue weighted by Crippen LogP contribution is -2.33. The van der Waals surface area contributed by atoms with E-state index in [-0.39, 0.29) is 11.8 Å². The summed E-state index contributed by atoms with van der Waals surface area (Å²) in [4.78, 5) is 13.9. The first kappa shape index (κ1) is 14.7. The quantitative estimate of drug-likeness (QED) is 0.897. The molecule has 1 saturated heterocycles. The topological polar surface area (TPSA) is 41.6 Å². The van der Waals surface area contributed by atoms with Gasteiger partial charge in [-0.2, -0.15) is 0 Å². The van der Waals surface area contributed by atoms with Crippen LogP contribution in [-0.2, 0) is 4.79 Å². The average Bonchev–Trinajstić information content (AvgIpc) is 2.93. The Morgan fingerprint density at radius 3 is 2.70 bits per heavy atom. The van der Waals surface area contributed by atoms with Crippen molar-refractivity contribution in [3.05, 3.63) is 24.3 Å². The standard InChI is InChI=1S/C16H24N2O2/c1-12(2)16(19)17-10-13-8-9-18(11-13)14-4-6-15(20-3)7-5-14/h4-7,12-13H,8-11H2,1-3H3,(H,17,19). The van der Waals surface area contributed by atoms with E-state index < -0.39 is 0 Å². The van der Waals surface area contributed by atoms with Gasteiger partial charge in [0.25, 0.3) is 0 Å². The van der Waals surface area contributed by atoms with Crippen molar-refractivity contribution in [1.82, 2.24) is 5.32 Å². The number of benzene rings is 1. The minimum atomic E-state index is 0.0640. The Morgan fingerprint density at radius 1 is 1.40 bits per heavy atom. The third kappa shape index (κ3) is 3.65. The Labute approximate surface area is 121 Å². The molecule has 0 aliphatic carbocycles. The summed E-state index contributed by atoms with van der Waals surface area (Å²) in [5.74, 6) is 1.63. The van der Waals surface area contributed by atoms with Crippen molar-refractivity contribution >= 4 is 11.6 Å². The highest BCUT2D eigenvalue weighted by molar-refractivity contribution is 5.77. The molecule has 1 aromatic rings. The largest absolute Gasteiger partial charge is 0.497 e. The highest BCUT2D eigenvalue weighted by atomic mass is 16.5. The van der Waals surface area contributed by atoms with Crippen LogP contribution in [0, 0.1) is 11.8 Å². The van der Waals surface area contributed by atoms with Crippen LogP contribution in [0.1, 0.15) is 20.3 Å². The maximum atomic E-state index is 11.6. The molecule has 0 aromatic heterocycles. The van der Waals surface area contributed by atoms with Gasteiger partial charge in [0.05, 0.1) is 7.11 Å². The molecule has 110 valence electrons. The van der Waals surface area contributed by atoms with E-state index in [2.05, 4.69) is 22.3 Å². The number of carbonyl (C=O) groups excluding carboxylic acids is 1. The number of nitrogens with one attached hydrogen (secondary N) is 1. The summed E-state index contributed by atoms with van der Waals surface area (Å²) in [6.45, 7) is 6.68. The first-order valence-corrected chi connectivity index (χ1v) is 7.27. The summed E-state index contributed by atoms with van der Waals surface area (Å²) in [5.41, 5.74) is 1.23. The van der Waals surface area contributed by atoms with Crippen LogP contribution in [0.25, 0.3) is 0 Å². The number of nitrogens with zero attached hydrogens (tertiary/aromatic N) is 1. The van der Waals surface area contributed by atoms with Gasteiger partial charge in [-0.25, -0.2) is 0 Å². The third-order valence-electron chi connectivity index (χ3n) is 3.81. The predicted molar refractivity (Wildman–Crippen MR) is 81.2 cm³/mol. The van der Waals surface area contributed by atoms with E-state index in [1.165, 1.54) is 5.69 Å². The maximum absolute atomic E-state index is 11.6. The summed E-state index contributed by atoms with van der Waals surface area (Å²) in [7, 11) is 1.68. The molecule has 1 atom stereocenters. The van der Waals surface area contributed by atoms with Gasteiger partial charge in [-0.15, -0.1) is 0 Å². The number of anilines is 1. The molecule has 0 radical (unpaired) electrons. The van der Waals surface area contributed by atoms with Gasteiger partial charge in [-0.05, 0) is 36.6 Å². The van der Waals surface area contributed by atoms with Crippen molar-refractivity contribution in [2.75, 3.05) is 31.6 Å². The summed E-state index contributed by atoms with van der Waals surface area (Å²) < 4.78 is 5.17. The van der Waals surface area contributed by atoms with Crippen LogP contribution in [0.5, 0.6) is 5.75 Å². The zero-order valence-corrected chi connectivity index (χ0v) is 12.6. The number of rotatable bonds is 5. The third-order valence-corrected chi connectivity index (χ3v) is 3.81. The second kappa shape index (κ2) is 6.64. The van der Waals surface area contributed by atoms with Gasteiger partial charge in [0.2, 0.25) is 5.91 Å². The Morgan fingerprint density at radius 2 is 2.10 bits per heavy atom. The van der Waals surface area contributed by atoms with Crippen LogP contribution in [0.4, 0.5) is 5.69 Å². The molecule has 4 heteroatoms. The van der Waals surface area contributed by atoms with Crippen molar-refractivity contribution in [1.29, 1.82) is 0 Å². The second-order valence-electron chi connectivity index (χ2n) is 5.70. The van der Waals surface area contributed by atoms with Gasteiger partial charge in [-0.3, -0.25) is 4.79 Å². The van der Waals surface area contributed by atoms with Gasteiger partial charge in [0.15, 0.2) is 0 Å². The number of ether oxygens (including phenoxy) is 1. The molecule has 1 aliphatic rings. The molecule has 1 aliphatic heterocycles. The molecule has 4 nitrogen and oxygen atoms in total. The van der Waals surface area contributed by atoms with Gasteiger partial charge >= 0.3 is 0 Å². The van der Waals surface area contributed by atoms with Crippen LogP contribution in [0.3, 0.4) is 0 Å². The number of hydrogen-bond donors (Lipinski definition) is 1. The SMILES string of the molecule is COc1ccc(N2CCC(CNC(=O)C(C)C)C2)cc1. The van der Waals surface area contributed by atoms with E-state index in [9.17, 15) is 4.79 Å². The zero-order chi connectivity index (χ0) is 14.5. The Bertz CT molecular complexity index is 442. The van der Waals surface area contributed by atoms with Crippen LogP contribution in [0.15, 0.2) is 24.3 Å². The van der Waals surface area contributed by atoms with Crippen LogP contribution >= 0.6 is 0 Å². The highest BCUT2D eigenvalue weighted by Gasteiger charge is 2.23. The first-order chi connectivity index (χ1) is 9.60.